The first kappa shape index (κ1) is 14.5. The Balaban J connectivity index is 0.00000196. The van der Waals surface area contributed by atoms with E-state index in [9.17, 15) is 0 Å². The second-order valence-corrected chi connectivity index (χ2v) is 4.05. The van der Waals surface area contributed by atoms with Gasteiger partial charge in [0.25, 0.3) is 0 Å². The maximum Gasteiger partial charge on any atom is 0.0300 e. The van der Waals surface area contributed by atoms with E-state index in [4.69, 9.17) is 5.73 Å². The SMILES string of the molecule is CCCC[C@@H](N)c1c(C)cccc1C.Cl. The molecule has 1 nitrogen and oxygen atoms in total. The minimum Gasteiger partial charge on any atom is -0.324 e. The summed E-state index contributed by atoms with van der Waals surface area (Å²) in [4.78, 5) is 0. The molecule has 0 unspecified atom stereocenters. The average Bonchev–Trinajstić information content (AvgIpc) is 2.14. The van der Waals surface area contributed by atoms with Crippen molar-refractivity contribution in [3.8, 4) is 0 Å². The molecule has 1 atom stereocenters. The molecular weight excluding hydrogens is 206 g/mol. The third-order valence-electron chi connectivity index (χ3n) is 2.78. The smallest absolute Gasteiger partial charge is 0.0300 e. The number of unbranched alkanes of at least 4 members (excludes halogenated alkanes) is 1. The van der Waals surface area contributed by atoms with Gasteiger partial charge >= 0.3 is 0 Å². The van der Waals surface area contributed by atoms with Crippen molar-refractivity contribution in [2.24, 2.45) is 5.73 Å². The summed E-state index contributed by atoms with van der Waals surface area (Å²) in [6, 6.07) is 6.61. The lowest BCUT2D eigenvalue weighted by Crippen LogP contribution is -2.13. The van der Waals surface area contributed by atoms with Crippen LogP contribution in [0.25, 0.3) is 0 Å². The first-order valence-electron chi connectivity index (χ1n) is 5.48. The van der Waals surface area contributed by atoms with Gasteiger partial charge in [-0.3, -0.25) is 0 Å². The summed E-state index contributed by atoms with van der Waals surface area (Å²) in [5.74, 6) is 0. The van der Waals surface area contributed by atoms with Crippen molar-refractivity contribution in [1.82, 2.24) is 0 Å². The number of benzene rings is 1. The van der Waals surface area contributed by atoms with Crippen LogP contribution in [0, 0.1) is 13.8 Å². The number of rotatable bonds is 4. The largest absolute Gasteiger partial charge is 0.324 e. The highest BCUT2D eigenvalue weighted by atomic mass is 35.5. The van der Waals surface area contributed by atoms with Crippen LogP contribution in [0.15, 0.2) is 18.2 Å². The molecule has 0 fully saturated rings. The number of nitrogens with two attached hydrogens (primary N) is 1. The second kappa shape index (κ2) is 6.86. The molecule has 15 heavy (non-hydrogen) atoms. The lowest BCUT2D eigenvalue weighted by atomic mass is 9.93. The quantitative estimate of drug-likeness (QED) is 0.829. The summed E-state index contributed by atoms with van der Waals surface area (Å²) in [5, 5.41) is 0. The van der Waals surface area contributed by atoms with Crippen LogP contribution in [-0.4, -0.2) is 0 Å². The van der Waals surface area contributed by atoms with E-state index in [0.29, 0.717) is 0 Å². The van der Waals surface area contributed by atoms with Crippen molar-refractivity contribution in [2.45, 2.75) is 46.1 Å². The highest BCUT2D eigenvalue weighted by Gasteiger charge is 2.10. The summed E-state index contributed by atoms with van der Waals surface area (Å²) in [7, 11) is 0. The molecule has 0 aromatic heterocycles. The second-order valence-electron chi connectivity index (χ2n) is 4.05. The van der Waals surface area contributed by atoms with Crippen LogP contribution >= 0.6 is 12.4 Å². The van der Waals surface area contributed by atoms with Gasteiger partial charge < -0.3 is 5.73 Å². The predicted octanol–water partition coefficient (Wildman–Crippen LogP) is 3.92. The van der Waals surface area contributed by atoms with E-state index >= 15 is 0 Å². The fourth-order valence-corrected chi connectivity index (χ4v) is 1.98. The highest BCUT2D eigenvalue weighted by molar-refractivity contribution is 5.85. The van der Waals surface area contributed by atoms with E-state index in [1.165, 1.54) is 29.5 Å². The summed E-state index contributed by atoms with van der Waals surface area (Å²) in [5.41, 5.74) is 10.2. The molecule has 0 radical (unpaired) electrons. The minimum absolute atomic E-state index is 0. The van der Waals surface area contributed by atoms with E-state index in [-0.39, 0.29) is 18.4 Å². The summed E-state index contributed by atoms with van der Waals surface area (Å²) in [6.45, 7) is 6.50. The van der Waals surface area contributed by atoms with E-state index in [0.717, 1.165) is 6.42 Å². The molecule has 2 heteroatoms. The summed E-state index contributed by atoms with van der Waals surface area (Å²) < 4.78 is 0. The molecule has 1 rings (SSSR count). The van der Waals surface area contributed by atoms with Crippen molar-refractivity contribution in [3.05, 3.63) is 34.9 Å². The van der Waals surface area contributed by atoms with Crippen molar-refractivity contribution in [1.29, 1.82) is 0 Å². The average molecular weight is 228 g/mol. The number of aryl methyl sites for hydroxylation is 2. The molecule has 0 saturated heterocycles. The molecule has 0 saturated carbocycles. The van der Waals surface area contributed by atoms with Crippen molar-refractivity contribution in [3.63, 3.8) is 0 Å². The Hall–Kier alpha value is -0.530. The van der Waals surface area contributed by atoms with Crippen LogP contribution in [0.2, 0.25) is 0 Å². The summed E-state index contributed by atoms with van der Waals surface area (Å²) in [6.07, 6.45) is 3.54. The minimum atomic E-state index is 0. The fourth-order valence-electron chi connectivity index (χ4n) is 1.98. The van der Waals surface area contributed by atoms with E-state index in [1.807, 2.05) is 0 Å². The van der Waals surface area contributed by atoms with Crippen LogP contribution < -0.4 is 5.73 Å². The zero-order chi connectivity index (χ0) is 10.6. The maximum atomic E-state index is 6.18. The Bertz CT molecular complexity index is 276. The molecule has 0 spiro atoms. The third-order valence-corrected chi connectivity index (χ3v) is 2.78. The zero-order valence-corrected chi connectivity index (χ0v) is 10.7. The standard InChI is InChI=1S/C13H21N.ClH/c1-4-5-9-12(14)13-10(2)7-6-8-11(13)3;/h6-8,12H,4-5,9,14H2,1-3H3;1H/t12-;/m1./s1. The third kappa shape index (κ3) is 3.84. The topological polar surface area (TPSA) is 26.0 Å². The van der Waals surface area contributed by atoms with Gasteiger partial charge in [-0.25, -0.2) is 0 Å². The van der Waals surface area contributed by atoms with Crippen molar-refractivity contribution < 1.29 is 0 Å². The monoisotopic (exact) mass is 227 g/mol. The van der Waals surface area contributed by atoms with Gasteiger partial charge in [0.2, 0.25) is 0 Å². The highest BCUT2D eigenvalue weighted by Crippen LogP contribution is 2.23. The lowest BCUT2D eigenvalue weighted by molar-refractivity contribution is 0.598. The number of halogens is 1. The Morgan fingerprint density at radius 3 is 2.20 bits per heavy atom. The predicted molar refractivity (Wildman–Crippen MR) is 69.6 cm³/mol. The molecule has 0 bridgehead atoms. The Labute approximate surface area is 99.5 Å². The van der Waals surface area contributed by atoms with E-state index < -0.39 is 0 Å². The maximum absolute atomic E-state index is 6.18. The first-order valence-corrected chi connectivity index (χ1v) is 5.48. The van der Waals surface area contributed by atoms with Gasteiger partial charge in [0.1, 0.15) is 0 Å². The van der Waals surface area contributed by atoms with Gasteiger partial charge in [-0.05, 0) is 37.0 Å². The Morgan fingerprint density at radius 1 is 1.20 bits per heavy atom. The van der Waals surface area contributed by atoms with Crippen LogP contribution in [-0.2, 0) is 0 Å². The zero-order valence-electron chi connectivity index (χ0n) is 9.92. The molecule has 2 N–H and O–H groups in total. The normalized spacial score (nSPS) is 12.0. The van der Waals surface area contributed by atoms with Gasteiger partial charge in [0.05, 0.1) is 0 Å². The van der Waals surface area contributed by atoms with Gasteiger partial charge in [0.15, 0.2) is 0 Å². The molecule has 0 amide bonds. The number of hydrogen-bond acceptors (Lipinski definition) is 1. The van der Waals surface area contributed by atoms with E-state index in [1.54, 1.807) is 0 Å². The van der Waals surface area contributed by atoms with Crippen LogP contribution in [0.5, 0.6) is 0 Å². The van der Waals surface area contributed by atoms with Gasteiger partial charge in [0, 0.05) is 6.04 Å². The van der Waals surface area contributed by atoms with E-state index in [2.05, 4.69) is 39.0 Å². The fraction of sp³-hybridized carbons (Fsp3) is 0.538. The van der Waals surface area contributed by atoms with Gasteiger partial charge in [-0.1, -0.05) is 38.0 Å². The molecule has 0 aliphatic rings. The molecule has 0 heterocycles. The molecule has 86 valence electrons. The van der Waals surface area contributed by atoms with Gasteiger partial charge in [-0.2, -0.15) is 0 Å². The first-order chi connectivity index (χ1) is 6.66. The van der Waals surface area contributed by atoms with Crippen LogP contribution in [0.3, 0.4) is 0 Å². The van der Waals surface area contributed by atoms with Gasteiger partial charge in [-0.15, -0.1) is 12.4 Å². The molecule has 1 aromatic carbocycles. The van der Waals surface area contributed by atoms with Crippen molar-refractivity contribution >= 4 is 12.4 Å². The number of hydrogen-bond donors (Lipinski definition) is 1. The van der Waals surface area contributed by atoms with Crippen molar-refractivity contribution in [2.75, 3.05) is 0 Å². The summed E-state index contributed by atoms with van der Waals surface area (Å²) >= 11 is 0. The Morgan fingerprint density at radius 2 is 1.73 bits per heavy atom. The van der Waals surface area contributed by atoms with Crippen LogP contribution in [0.4, 0.5) is 0 Å². The lowest BCUT2D eigenvalue weighted by Gasteiger charge is -2.17. The van der Waals surface area contributed by atoms with Crippen LogP contribution in [0.1, 0.15) is 48.9 Å². The molecule has 0 aliphatic heterocycles. The molecule has 1 aromatic rings. The Kier molecular flexibility index (Phi) is 6.62. The molecule has 0 aliphatic carbocycles. The molecular formula is C13H22ClN.